The summed E-state index contributed by atoms with van der Waals surface area (Å²) < 4.78 is 24.6. The van der Waals surface area contributed by atoms with Gasteiger partial charge in [0.25, 0.3) is 0 Å². The van der Waals surface area contributed by atoms with Gasteiger partial charge in [0.05, 0.1) is 16.2 Å². The standard InChI is InChI=1S/C15H22ClNO3S/c1-15(18)7-2-9-17(10-8-15)11-12-21(19,20)14-5-3-13(16)4-6-14/h3-6,18H,2,7-12H2,1H3. The quantitative estimate of drug-likeness (QED) is 0.920. The second kappa shape index (κ2) is 6.65. The van der Waals surface area contributed by atoms with Gasteiger partial charge in [-0.3, -0.25) is 0 Å². The molecule has 1 N–H and O–H groups in total. The van der Waals surface area contributed by atoms with Gasteiger partial charge in [0.2, 0.25) is 0 Å². The predicted molar refractivity (Wildman–Crippen MR) is 84.4 cm³/mol. The fourth-order valence-electron chi connectivity index (χ4n) is 2.55. The van der Waals surface area contributed by atoms with Crippen molar-refractivity contribution in [1.82, 2.24) is 4.90 Å². The van der Waals surface area contributed by atoms with E-state index < -0.39 is 15.4 Å². The first-order valence-corrected chi connectivity index (χ1v) is 9.25. The maximum atomic E-state index is 12.3. The van der Waals surface area contributed by atoms with Crippen LogP contribution < -0.4 is 0 Å². The fourth-order valence-corrected chi connectivity index (χ4v) is 3.96. The van der Waals surface area contributed by atoms with Crippen LogP contribution >= 0.6 is 11.6 Å². The summed E-state index contributed by atoms with van der Waals surface area (Å²) in [4.78, 5) is 2.43. The van der Waals surface area contributed by atoms with Crippen LogP contribution in [0.4, 0.5) is 0 Å². The minimum atomic E-state index is -3.28. The van der Waals surface area contributed by atoms with Gasteiger partial charge in [0.1, 0.15) is 0 Å². The zero-order chi connectivity index (χ0) is 15.5. The Labute approximate surface area is 131 Å². The zero-order valence-electron chi connectivity index (χ0n) is 12.3. The molecule has 1 aliphatic rings. The summed E-state index contributed by atoms with van der Waals surface area (Å²) in [6.07, 6.45) is 2.36. The van der Waals surface area contributed by atoms with Gasteiger partial charge in [-0.25, -0.2) is 8.42 Å². The van der Waals surface area contributed by atoms with Gasteiger partial charge in [0, 0.05) is 18.1 Å². The summed E-state index contributed by atoms with van der Waals surface area (Å²) in [5, 5.41) is 10.6. The number of halogens is 1. The SMILES string of the molecule is CC1(O)CCCN(CCS(=O)(=O)c2ccc(Cl)cc2)CC1. The first kappa shape index (κ1) is 16.7. The molecule has 1 aromatic rings. The van der Waals surface area contributed by atoms with E-state index in [1.165, 1.54) is 0 Å². The first-order chi connectivity index (χ1) is 9.78. The molecule has 1 fully saturated rings. The Morgan fingerprint density at radius 1 is 1.24 bits per heavy atom. The third kappa shape index (κ3) is 4.95. The smallest absolute Gasteiger partial charge is 0.179 e. The van der Waals surface area contributed by atoms with Crippen LogP contribution in [-0.2, 0) is 9.84 Å². The monoisotopic (exact) mass is 331 g/mol. The van der Waals surface area contributed by atoms with Crippen LogP contribution in [-0.4, -0.2) is 49.4 Å². The Bertz CT molecular complexity index is 569. The van der Waals surface area contributed by atoms with Crippen LogP contribution in [0.3, 0.4) is 0 Å². The van der Waals surface area contributed by atoms with Gasteiger partial charge < -0.3 is 10.0 Å². The van der Waals surface area contributed by atoms with E-state index >= 15 is 0 Å². The molecular weight excluding hydrogens is 310 g/mol. The number of rotatable bonds is 4. The molecule has 0 saturated carbocycles. The van der Waals surface area contributed by atoms with E-state index in [0.717, 1.165) is 25.9 Å². The molecule has 4 nitrogen and oxygen atoms in total. The van der Waals surface area contributed by atoms with Crippen molar-refractivity contribution in [3.8, 4) is 0 Å². The number of sulfone groups is 1. The molecule has 1 aromatic carbocycles. The zero-order valence-corrected chi connectivity index (χ0v) is 13.8. The molecule has 1 atom stereocenters. The van der Waals surface area contributed by atoms with Crippen LogP contribution in [0.15, 0.2) is 29.2 Å². The van der Waals surface area contributed by atoms with Gasteiger partial charge in [-0.15, -0.1) is 0 Å². The van der Waals surface area contributed by atoms with Crippen molar-refractivity contribution >= 4 is 21.4 Å². The number of likely N-dealkylation sites (tertiary alicyclic amines) is 1. The summed E-state index contributed by atoms with van der Waals surface area (Å²) >= 11 is 5.78. The second-order valence-electron chi connectivity index (χ2n) is 5.96. The van der Waals surface area contributed by atoms with Crippen LogP contribution in [0, 0.1) is 0 Å². The van der Waals surface area contributed by atoms with Gasteiger partial charge in [-0.2, -0.15) is 0 Å². The molecule has 0 aromatic heterocycles. The highest BCUT2D eigenvalue weighted by Gasteiger charge is 2.25. The van der Waals surface area contributed by atoms with Crippen LogP contribution in [0.25, 0.3) is 0 Å². The molecule has 1 heterocycles. The molecule has 6 heteroatoms. The average Bonchev–Trinajstić information content (AvgIpc) is 2.58. The molecule has 21 heavy (non-hydrogen) atoms. The molecule has 1 aliphatic heterocycles. The molecule has 118 valence electrons. The van der Waals surface area contributed by atoms with Gasteiger partial charge in [-0.1, -0.05) is 11.6 Å². The molecule has 0 radical (unpaired) electrons. The van der Waals surface area contributed by atoms with Crippen molar-refractivity contribution in [3.05, 3.63) is 29.3 Å². The number of benzene rings is 1. The van der Waals surface area contributed by atoms with Gasteiger partial charge in [-0.05, 0) is 57.0 Å². The maximum Gasteiger partial charge on any atom is 0.179 e. The third-order valence-corrected chi connectivity index (χ3v) is 5.97. The van der Waals surface area contributed by atoms with Crippen molar-refractivity contribution in [1.29, 1.82) is 0 Å². The highest BCUT2D eigenvalue weighted by Crippen LogP contribution is 2.22. The van der Waals surface area contributed by atoms with E-state index in [-0.39, 0.29) is 5.75 Å². The Kier molecular flexibility index (Phi) is 5.30. The lowest BCUT2D eigenvalue weighted by atomic mass is 9.98. The molecule has 0 spiro atoms. The molecule has 0 aliphatic carbocycles. The number of aliphatic hydroxyl groups is 1. The van der Waals surface area contributed by atoms with Crippen LogP contribution in [0.1, 0.15) is 26.2 Å². The van der Waals surface area contributed by atoms with E-state index in [1.807, 2.05) is 6.92 Å². The Morgan fingerprint density at radius 3 is 2.57 bits per heavy atom. The normalized spacial score (nSPS) is 24.7. The summed E-state index contributed by atoms with van der Waals surface area (Å²) in [5.41, 5.74) is -0.621. The van der Waals surface area contributed by atoms with E-state index in [4.69, 9.17) is 11.6 Å². The average molecular weight is 332 g/mol. The highest BCUT2D eigenvalue weighted by molar-refractivity contribution is 7.91. The lowest BCUT2D eigenvalue weighted by Gasteiger charge is -2.22. The maximum absolute atomic E-state index is 12.3. The van der Waals surface area contributed by atoms with Crippen molar-refractivity contribution in [2.45, 2.75) is 36.7 Å². The number of hydrogen-bond acceptors (Lipinski definition) is 4. The Morgan fingerprint density at radius 2 is 1.90 bits per heavy atom. The predicted octanol–water partition coefficient (Wildman–Crippen LogP) is 2.35. The van der Waals surface area contributed by atoms with E-state index in [1.54, 1.807) is 24.3 Å². The lowest BCUT2D eigenvalue weighted by Crippen LogP contribution is -2.32. The number of hydrogen-bond donors (Lipinski definition) is 1. The second-order valence-corrected chi connectivity index (χ2v) is 8.51. The lowest BCUT2D eigenvalue weighted by molar-refractivity contribution is 0.0448. The molecule has 0 bridgehead atoms. The molecule has 2 rings (SSSR count). The highest BCUT2D eigenvalue weighted by atomic mass is 35.5. The van der Waals surface area contributed by atoms with E-state index in [9.17, 15) is 13.5 Å². The van der Waals surface area contributed by atoms with Crippen molar-refractivity contribution in [2.24, 2.45) is 0 Å². The summed E-state index contributed by atoms with van der Waals surface area (Å²) in [6.45, 7) is 3.93. The van der Waals surface area contributed by atoms with Gasteiger partial charge in [0.15, 0.2) is 9.84 Å². The van der Waals surface area contributed by atoms with Gasteiger partial charge >= 0.3 is 0 Å². The summed E-state index contributed by atoms with van der Waals surface area (Å²) in [7, 11) is -3.28. The summed E-state index contributed by atoms with van der Waals surface area (Å²) in [5.74, 6) is 0.0940. The third-order valence-electron chi connectivity index (χ3n) is 4.01. The summed E-state index contributed by atoms with van der Waals surface area (Å²) in [6, 6.07) is 6.28. The topological polar surface area (TPSA) is 57.6 Å². The number of nitrogens with zero attached hydrogens (tertiary/aromatic N) is 1. The molecule has 0 amide bonds. The Balaban J connectivity index is 1.94. The molecule has 1 saturated heterocycles. The van der Waals surface area contributed by atoms with Crippen LogP contribution in [0.2, 0.25) is 5.02 Å². The van der Waals surface area contributed by atoms with Crippen molar-refractivity contribution in [2.75, 3.05) is 25.4 Å². The minimum Gasteiger partial charge on any atom is -0.390 e. The van der Waals surface area contributed by atoms with E-state index in [0.29, 0.717) is 22.9 Å². The van der Waals surface area contributed by atoms with E-state index in [2.05, 4.69) is 4.90 Å². The first-order valence-electron chi connectivity index (χ1n) is 7.22. The van der Waals surface area contributed by atoms with Crippen LogP contribution in [0.5, 0.6) is 0 Å². The molecule has 1 unspecified atom stereocenters. The Hall–Kier alpha value is -0.620. The molecular formula is C15H22ClNO3S. The largest absolute Gasteiger partial charge is 0.390 e. The van der Waals surface area contributed by atoms with Crippen molar-refractivity contribution in [3.63, 3.8) is 0 Å². The van der Waals surface area contributed by atoms with Crippen molar-refractivity contribution < 1.29 is 13.5 Å². The fraction of sp³-hybridized carbons (Fsp3) is 0.600. The minimum absolute atomic E-state index is 0.0940.